The Morgan fingerprint density at radius 3 is 2.41 bits per heavy atom. The number of hydrogen-bond acceptors (Lipinski definition) is 1. The summed E-state index contributed by atoms with van der Waals surface area (Å²) in [6, 6.07) is 17.2. The molecule has 0 saturated heterocycles. The molecule has 0 bridgehead atoms. The summed E-state index contributed by atoms with van der Waals surface area (Å²) in [7, 11) is 0. The van der Waals surface area contributed by atoms with Gasteiger partial charge in [0.05, 0.1) is 11.2 Å². The summed E-state index contributed by atoms with van der Waals surface area (Å²) in [6.07, 6.45) is 1.84. The second kappa shape index (κ2) is 7.53. The third kappa shape index (κ3) is 3.47. The molecule has 138 valence electrons. The Balaban J connectivity index is 0.00000210. The minimum atomic E-state index is -0.233. The van der Waals surface area contributed by atoms with Crippen LogP contribution in [0.4, 0.5) is 4.39 Å². The van der Waals surface area contributed by atoms with Crippen molar-refractivity contribution in [2.24, 2.45) is 0 Å². The fourth-order valence-corrected chi connectivity index (χ4v) is 3.60. The van der Waals surface area contributed by atoms with E-state index in [-0.39, 0.29) is 18.2 Å². The van der Waals surface area contributed by atoms with Crippen molar-refractivity contribution in [3.05, 3.63) is 89.0 Å². The minimum Gasteiger partial charge on any atom is -0.338 e. The van der Waals surface area contributed by atoms with Gasteiger partial charge in [0.25, 0.3) is 0 Å². The molecule has 0 saturated carbocycles. The van der Waals surface area contributed by atoms with Crippen LogP contribution in [0.1, 0.15) is 22.4 Å². The Bertz CT molecular complexity index is 1100. The first-order valence-electron chi connectivity index (χ1n) is 8.80. The summed E-state index contributed by atoms with van der Waals surface area (Å²) in [4.78, 5) is 4.64. The van der Waals surface area contributed by atoms with E-state index in [1.165, 1.54) is 39.9 Å². The Labute approximate surface area is 165 Å². The zero-order valence-corrected chi connectivity index (χ0v) is 16.5. The Morgan fingerprint density at radius 2 is 1.70 bits per heavy atom. The van der Waals surface area contributed by atoms with Gasteiger partial charge >= 0.3 is 0 Å². The molecule has 4 rings (SSSR count). The summed E-state index contributed by atoms with van der Waals surface area (Å²) in [5.74, 6) is -0.233. The first-order chi connectivity index (χ1) is 12.5. The average molecular weight is 381 g/mol. The molecule has 2 heterocycles. The molecule has 0 aliphatic carbocycles. The Hall–Kier alpha value is -2.65. The summed E-state index contributed by atoms with van der Waals surface area (Å²) in [5.41, 5.74) is 7.95. The fraction of sp³-hybridized carbons (Fsp3) is 0.174. The van der Waals surface area contributed by atoms with Gasteiger partial charge in [-0.3, -0.25) is 4.98 Å². The van der Waals surface area contributed by atoms with E-state index in [1.54, 1.807) is 12.1 Å². The van der Waals surface area contributed by atoms with Gasteiger partial charge in [-0.1, -0.05) is 29.8 Å². The predicted molar refractivity (Wildman–Crippen MR) is 112 cm³/mol. The summed E-state index contributed by atoms with van der Waals surface area (Å²) >= 11 is 0. The van der Waals surface area contributed by atoms with Crippen molar-refractivity contribution in [1.29, 1.82) is 0 Å². The van der Waals surface area contributed by atoms with Gasteiger partial charge in [0, 0.05) is 29.4 Å². The molecule has 2 aromatic carbocycles. The number of nitrogens with zero attached hydrogens (tertiary/aromatic N) is 2. The van der Waals surface area contributed by atoms with Gasteiger partial charge in [-0.05, 0) is 62.2 Å². The quantitative estimate of drug-likeness (QED) is 0.411. The molecule has 2 nitrogen and oxygen atoms in total. The topological polar surface area (TPSA) is 17.8 Å². The van der Waals surface area contributed by atoms with Gasteiger partial charge in [0.2, 0.25) is 0 Å². The third-order valence-electron chi connectivity index (χ3n) is 5.09. The van der Waals surface area contributed by atoms with Gasteiger partial charge in [0.15, 0.2) is 0 Å². The number of pyridine rings is 1. The molecule has 0 aliphatic heterocycles. The van der Waals surface area contributed by atoms with Gasteiger partial charge in [0.1, 0.15) is 5.82 Å². The SMILES string of the molecule is Cc1cccc(Cn2c(C)c(C)c3ccnc(-c4ccc(F)cc4)c32)c1.Cl. The lowest BCUT2D eigenvalue weighted by Gasteiger charge is -2.12. The van der Waals surface area contributed by atoms with E-state index in [1.807, 2.05) is 6.20 Å². The monoisotopic (exact) mass is 380 g/mol. The molecular formula is C23H22ClFN2. The van der Waals surface area contributed by atoms with Crippen LogP contribution in [0.15, 0.2) is 60.8 Å². The van der Waals surface area contributed by atoms with Gasteiger partial charge in [-0.2, -0.15) is 0 Å². The Morgan fingerprint density at radius 1 is 0.963 bits per heavy atom. The standard InChI is InChI=1S/C23H21FN2.ClH/c1-15-5-4-6-18(13-15)14-26-17(3)16(2)21-11-12-25-22(23(21)26)19-7-9-20(24)10-8-19;/h4-13H,14H2,1-3H3;1H. The van der Waals surface area contributed by atoms with Crippen LogP contribution in [0.3, 0.4) is 0 Å². The van der Waals surface area contributed by atoms with Crippen LogP contribution in [-0.4, -0.2) is 9.55 Å². The van der Waals surface area contributed by atoms with E-state index in [0.717, 1.165) is 23.3 Å². The molecule has 0 amide bonds. The summed E-state index contributed by atoms with van der Waals surface area (Å²) in [5, 5.41) is 1.20. The summed E-state index contributed by atoms with van der Waals surface area (Å²) < 4.78 is 15.7. The number of fused-ring (bicyclic) bond motifs is 1. The van der Waals surface area contributed by atoms with Crippen molar-refractivity contribution in [3.63, 3.8) is 0 Å². The van der Waals surface area contributed by atoms with E-state index in [0.29, 0.717) is 0 Å². The molecule has 0 unspecified atom stereocenters. The summed E-state index contributed by atoms with van der Waals surface area (Å²) in [6.45, 7) is 7.21. The third-order valence-corrected chi connectivity index (χ3v) is 5.09. The predicted octanol–water partition coefficient (Wildman–Crippen LogP) is 6.24. The zero-order valence-electron chi connectivity index (χ0n) is 15.7. The smallest absolute Gasteiger partial charge is 0.123 e. The zero-order chi connectivity index (χ0) is 18.3. The molecule has 4 aromatic rings. The second-order valence-electron chi connectivity index (χ2n) is 6.85. The van der Waals surface area contributed by atoms with E-state index in [9.17, 15) is 4.39 Å². The molecule has 2 aromatic heterocycles. The van der Waals surface area contributed by atoms with E-state index in [4.69, 9.17) is 0 Å². The molecule has 0 fully saturated rings. The van der Waals surface area contributed by atoms with E-state index >= 15 is 0 Å². The highest BCUT2D eigenvalue weighted by Crippen LogP contribution is 2.33. The lowest BCUT2D eigenvalue weighted by Crippen LogP contribution is -2.03. The van der Waals surface area contributed by atoms with Crippen LogP contribution in [-0.2, 0) is 6.54 Å². The molecular weight excluding hydrogens is 359 g/mol. The molecule has 0 radical (unpaired) electrons. The maximum absolute atomic E-state index is 13.4. The van der Waals surface area contributed by atoms with Crippen LogP contribution < -0.4 is 0 Å². The molecule has 0 atom stereocenters. The molecule has 4 heteroatoms. The average Bonchev–Trinajstić information content (AvgIpc) is 2.88. The van der Waals surface area contributed by atoms with Crippen molar-refractivity contribution >= 4 is 23.3 Å². The second-order valence-corrected chi connectivity index (χ2v) is 6.85. The number of benzene rings is 2. The number of rotatable bonds is 3. The van der Waals surface area contributed by atoms with Gasteiger partial charge in [-0.25, -0.2) is 4.39 Å². The lowest BCUT2D eigenvalue weighted by molar-refractivity contribution is 0.628. The van der Waals surface area contributed by atoms with Gasteiger partial charge < -0.3 is 4.57 Å². The minimum absolute atomic E-state index is 0. The first kappa shape index (κ1) is 19.1. The van der Waals surface area contributed by atoms with E-state index in [2.05, 4.69) is 60.7 Å². The molecule has 27 heavy (non-hydrogen) atoms. The number of halogens is 2. The highest BCUT2D eigenvalue weighted by molar-refractivity contribution is 5.95. The van der Waals surface area contributed by atoms with Crippen molar-refractivity contribution < 1.29 is 4.39 Å². The number of hydrogen-bond donors (Lipinski definition) is 0. The highest BCUT2D eigenvalue weighted by Gasteiger charge is 2.16. The molecule has 0 N–H and O–H groups in total. The maximum atomic E-state index is 13.4. The van der Waals surface area contributed by atoms with Crippen LogP contribution in [0.5, 0.6) is 0 Å². The van der Waals surface area contributed by atoms with Crippen LogP contribution in [0, 0.1) is 26.6 Å². The van der Waals surface area contributed by atoms with Crippen molar-refractivity contribution in [2.75, 3.05) is 0 Å². The van der Waals surface area contributed by atoms with Gasteiger partial charge in [-0.15, -0.1) is 12.4 Å². The lowest BCUT2D eigenvalue weighted by atomic mass is 10.1. The number of aryl methyl sites for hydroxylation is 2. The van der Waals surface area contributed by atoms with Crippen molar-refractivity contribution in [1.82, 2.24) is 9.55 Å². The Kier molecular flexibility index (Phi) is 5.33. The number of aromatic nitrogens is 2. The molecule has 0 spiro atoms. The highest BCUT2D eigenvalue weighted by atomic mass is 35.5. The normalized spacial score (nSPS) is 10.8. The molecule has 0 aliphatic rings. The fourth-order valence-electron chi connectivity index (χ4n) is 3.60. The van der Waals surface area contributed by atoms with Crippen molar-refractivity contribution in [3.8, 4) is 11.3 Å². The van der Waals surface area contributed by atoms with Crippen LogP contribution in [0.2, 0.25) is 0 Å². The van der Waals surface area contributed by atoms with Crippen LogP contribution >= 0.6 is 12.4 Å². The van der Waals surface area contributed by atoms with Crippen LogP contribution in [0.25, 0.3) is 22.2 Å². The van der Waals surface area contributed by atoms with E-state index < -0.39 is 0 Å². The van der Waals surface area contributed by atoms with Crippen molar-refractivity contribution in [2.45, 2.75) is 27.3 Å². The first-order valence-corrected chi connectivity index (χ1v) is 8.80. The largest absolute Gasteiger partial charge is 0.338 e. The maximum Gasteiger partial charge on any atom is 0.123 e.